The van der Waals surface area contributed by atoms with Crippen molar-refractivity contribution < 1.29 is 4.79 Å². The summed E-state index contributed by atoms with van der Waals surface area (Å²) in [5, 5.41) is 12.4. The van der Waals surface area contributed by atoms with Crippen LogP contribution in [0.4, 0.5) is 0 Å². The molecule has 0 spiro atoms. The summed E-state index contributed by atoms with van der Waals surface area (Å²) in [6.07, 6.45) is 4.72. The monoisotopic (exact) mass is 182 g/mol. The topological polar surface area (TPSA) is 70.7 Å². The summed E-state index contributed by atoms with van der Waals surface area (Å²) >= 11 is 0. The average Bonchev–Trinajstić information content (AvgIpc) is 2.65. The Balaban J connectivity index is 2.19. The minimum absolute atomic E-state index is 0.162. The summed E-state index contributed by atoms with van der Waals surface area (Å²) in [6, 6.07) is 0. The van der Waals surface area contributed by atoms with E-state index in [1.807, 2.05) is 0 Å². The number of amides is 1. The fourth-order valence-electron chi connectivity index (χ4n) is 0.978. The smallest absolute Gasteiger partial charge is 0.273 e. The summed E-state index contributed by atoms with van der Waals surface area (Å²) in [5.74, 6) is -0.162. The summed E-state index contributed by atoms with van der Waals surface area (Å²) in [5.41, 5.74) is 0.344. The summed E-state index contributed by atoms with van der Waals surface area (Å²) in [7, 11) is 0. The number of hydrogen-bond donors (Lipinski definition) is 2. The van der Waals surface area contributed by atoms with Gasteiger partial charge in [0.25, 0.3) is 5.91 Å². The summed E-state index contributed by atoms with van der Waals surface area (Å²) < 4.78 is 0. The van der Waals surface area contributed by atoms with E-state index in [1.54, 1.807) is 0 Å². The van der Waals surface area contributed by atoms with E-state index in [4.69, 9.17) is 0 Å². The molecular formula is C8H14N4O. The summed E-state index contributed by atoms with van der Waals surface area (Å²) in [6.45, 7) is 2.83. The Bertz CT molecular complexity index is 245. The Morgan fingerprint density at radius 3 is 3.08 bits per heavy atom. The lowest BCUT2D eigenvalue weighted by atomic mass is 10.2. The zero-order valence-corrected chi connectivity index (χ0v) is 7.71. The van der Waals surface area contributed by atoms with Crippen LogP contribution in [0.2, 0.25) is 0 Å². The molecule has 0 radical (unpaired) electrons. The molecule has 0 fully saturated rings. The second-order valence-corrected chi connectivity index (χ2v) is 2.82. The SMILES string of the molecule is CCCCCNC(=O)c1cn[nH]n1. The summed E-state index contributed by atoms with van der Waals surface area (Å²) in [4.78, 5) is 11.2. The molecule has 0 aliphatic heterocycles. The third-order valence-electron chi connectivity index (χ3n) is 1.71. The lowest BCUT2D eigenvalue weighted by molar-refractivity contribution is 0.0948. The van der Waals surface area contributed by atoms with Crippen molar-refractivity contribution in [3.63, 3.8) is 0 Å². The van der Waals surface area contributed by atoms with Crippen molar-refractivity contribution in [1.29, 1.82) is 0 Å². The van der Waals surface area contributed by atoms with E-state index in [0.29, 0.717) is 12.2 Å². The lowest BCUT2D eigenvalue weighted by Gasteiger charge is -2.00. The number of hydrogen-bond acceptors (Lipinski definition) is 3. The molecule has 5 nitrogen and oxygen atoms in total. The highest BCUT2D eigenvalue weighted by atomic mass is 16.1. The number of carbonyl (C=O) groups excluding carboxylic acids is 1. The highest BCUT2D eigenvalue weighted by Crippen LogP contribution is 1.93. The minimum Gasteiger partial charge on any atom is -0.351 e. The van der Waals surface area contributed by atoms with E-state index in [0.717, 1.165) is 19.3 Å². The van der Waals surface area contributed by atoms with Crippen molar-refractivity contribution in [1.82, 2.24) is 20.7 Å². The van der Waals surface area contributed by atoms with Crippen LogP contribution in [-0.4, -0.2) is 27.9 Å². The van der Waals surface area contributed by atoms with Gasteiger partial charge < -0.3 is 5.32 Å². The van der Waals surface area contributed by atoms with E-state index >= 15 is 0 Å². The quantitative estimate of drug-likeness (QED) is 0.659. The van der Waals surface area contributed by atoms with Gasteiger partial charge in [0.2, 0.25) is 0 Å². The molecule has 0 bridgehead atoms. The minimum atomic E-state index is -0.162. The van der Waals surface area contributed by atoms with Gasteiger partial charge in [-0.05, 0) is 6.42 Å². The van der Waals surface area contributed by atoms with Gasteiger partial charge >= 0.3 is 0 Å². The van der Waals surface area contributed by atoms with E-state index in [2.05, 4.69) is 27.7 Å². The van der Waals surface area contributed by atoms with Crippen molar-refractivity contribution in [3.8, 4) is 0 Å². The van der Waals surface area contributed by atoms with Gasteiger partial charge in [0.1, 0.15) is 0 Å². The number of unbranched alkanes of at least 4 members (excludes halogenated alkanes) is 2. The first-order chi connectivity index (χ1) is 6.34. The van der Waals surface area contributed by atoms with Crippen molar-refractivity contribution in [3.05, 3.63) is 11.9 Å². The number of nitrogens with zero attached hydrogens (tertiary/aromatic N) is 2. The van der Waals surface area contributed by atoms with Crippen molar-refractivity contribution in [2.45, 2.75) is 26.2 Å². The standard InChI is InChI=1S/C8H14N4O/c1-2-3-4-5-9-8(13)7-6-10-12-11-7/h6H,2-5H2,1H3,(H,9,13)(H,10,11,12). The van der Waals surface area contributed by atoms with Crippen LogP contribution >= 0.6 is 0 Å². The van der Waals surface area contributed by atoms with Crippen LogP contribution in [0, 0.1) is 0 Å². The molecule has 0 aliphatic carbocycles. The van der Waals surface area contributed by atoms with Gasteiger partial charge in [0.15, 0.2) is 5.69 Å². The first-order valence-corrected chi connectivity index (χ1v) is 4.48. The molecule has 0 unspecified atom stereocenters. The number of rotatable bonds is 5. The Morgan fingerprint density at radius 2 is 2.46 bits per heavy atom. The second kappa shape index (κ2) is 5.29. The number of nitrogens with one attached hydrogen (secondary N) is 2. The number of carbonyl (C=O) groups is 1. The molecule has 1 amide bonds. The van der Waals surface area contributed by atoms with Gasteiger partial charge in [-0.3, -0.25) is 4.79 Å². The molecule has 1 aromatic heterocycles. The highest BCUT2D eigenvalue weighted by molar-refractivity contribution is 5.91. The van der Waals surface area contributed by atoms with Crippen LogP contribution in [0.25, 0.3) is 0 Å². The van der Waals surface area contributed by atoms with Crippen LogP contribution in [0.15, 0.2) is 6.20 Å². The van der Waals surface area contributed by atoms with Crippen LogP contribution in [0.3, 0.4) is 0 Å². The molecule has 0 aliphatic rings. The van der Waals surface area contributed by atoms with Gasteiger partial charge in [0, 0.05) is 6.54 Å². The van der Waals surface area contributed by atoms with Crippen molar-refractivity contribution >= 4 is 5.91 Å². The van der Waals surface area contributed by atoms with Crippen molar-refractivity contribution in [2.75, 3.05) is 6.54 Å². The first kappa shape index (κ1) is 9.70. The van der Waals surface area contributed by atoms with E-state index in [9.17, 15) is 4.79 Å². The molecule has 0 saturated heterocycles. The van der Waals surface area contributed by atoms with Crippen molar-refractivity contribution in [2.24, 2.45) is 0 Å². The number of aromatic amines is 1. The van der Waals surface area contributed by atoms with Gasteiger partial charge in [-0.25, -0.2) is 0 Å². The Hall–Kier alpha value is -1.39. The number of aromatic nitrogens is 3. The Morgan fingerprint density at radius 1 is 1.62 bits per heavy atom. The lowest BCUT2D eigenvalue weighted by Crippen LogP contribution is -2.24. The average molecular weight is 182 g/mol. The van der Waals surface area contributed by atoms with E-state index in [1.165, 1.54) is 6.20 Å². The zero-order valence-electron chi connectivity index (χ0n) is 7.71. The zero-order chi connectivity index (χ0) is 9.52. The molecule has 0 atom stereocenters. The Labute approximate surface area is 76.9 Å². The predicted octanol–water partition coefficient (Wildman–Crippen LogP) is 0.725. The molecule has 1 rings (SSSR count). The third-order valence-corrected chi connectivity index (χ3v) is 1.71. The fraction of sp³-hybridized carbons (Fsp3) is 0.625. The van der Waals surface area contributed by atoms with Gasteiger partial charge in [-0.2, -0.15) is 15.4 Å². The maximum absolute atomic E-state index is 11.2. The van der Waals surface area contributed by atoms with E-state index in [-0.39, 0.29) is 5.91 Å². The molecule has 2 N–H and O–H groups in total. The normalized spacial score (nSPS) is 9.92. The molecule has 72 valence electrons. The third kappa shape index (κ3) is 3.23. The van der Waals surface area contributed by atoms with E-state index < -0.39 is 0 Å². The predicted molar refractivity (Wildman–Crippen MR) is 48.2 cm³/mol. The maximum Gasteiger partial charge on any atom is 0.273 e. The molecule has 1 heterocycles. The molecule has 0 aromatic carbocycles. The largest absolute Gasteiger partial charge is 0.351 e. The Kier molecular flexibility index (Phi) is 3.95. The van der Waals surface area contributed by atoms with Crippen LogP contribution in [-0.2, 0) is 0 Å². The van der Waals surface area contributed by atoms with Gasteiger partial charge in [0.05, 0.1) is 6.20 Å². The van der Waals surface area contributed by atoms with Gasteiger partial charge in [-0.1, -0.05) is 19.8 Å². The second-order valence-electron chi connectivity index (χ2n) is 2.82. The van der Waals surface area contributed by atoms with Gasteiger partial charge in [-0.15, -0.1) is 0 Å². The molecule has 1 aromatic rings. The first-order valence-electron chi connectivity index (χ1n) is 4.48. The van der Waals surface area contributed by atoms with Crippen LogP contribution in [0.5, 0.6) is 0 Å². The van der Waals surface area contributed by atoms with Crippen LogP contribution < -0.4 is 5.32 Å². The fourth-order valence-corrected chi connectivity index (χ4v) is 0.978. The molecule has 0 saturated carbocycles. The number of H-pyrrole nitrogens is 1. The highest BCUT2D eigenvalue weighted by Gasteiger charge is 2.06. The molecule has 5 heteroatoms. The van der Waals surface area contributed by atoms with Crippen LogP contribution in [0.1, 0.15) is 36.7 Å². The maximum atomic E-state index is 11.2. The molecule has 13 heavy (non-hydrogen) atoms. The molecular weight excluding hydrogens is 168 g/mol.